The molecule has 2 N–H and O–H groups in total. The van der Waals surface area contributed by atoms with Crippen molar-refractivity contribution in [2.45, 2.75) is 6.92 Å². The first-order valence-corrected chi connectivity index (χ1v) is 5.32. The lowest BCUT2D eigenvalue weighted by Crippen LogP contribution is -2.51. The topological polar surface area (TPSA) is 69.6 Å². The molecule has 2 unspecified atom stereocenters. The van der Waals surface area contributed by atoms with Gasteiger partial charge < -0.3 is 15.3 Å². The second kappa shape index (κ2) is 3.81. The SMILES string of the molecule is CC1CN(C(=O)C2CNC2)CC1C(=O)O. The number of amides is 1. The van der Waals surface area contributed by atoms with E-state index in [-0.39, 0.29) is 23.7 Å². The summed E-state index contributed by atoms with van der Waals surface area (Å²) in [6.45, 7) is 4.34. The van der Waals surface area contributed by atoms with Crippen molar-refractivity contribution in [2.75, 3.05) is 26.2 Å². The van der Waals surface area contributed by atoms with Crippen LogP contribution in [-0.4, -0.2) is 48.1 Å². The van der Waals surface area contributed by atoms with Crippen LogP contribution in [0.3, 0.4) is 0 Å². The fourth-order valence-corrected chi connectivity index (χ4v) is 2.19. The molecule has 1 amide bonds. The lowest BCUT2D eigenvalue weighted by Gasteiger charge is -2.30. The highest BCUT2D eigenvalue weighted by Crippen LogP contribution is 2.25. The van der Waals surface area contributed by atoms with Gasteiger partial charge in [0.15, 0.2) is 0 Å². The molecule has 15 heavy (non-hydrogen) atoms. The van der Waals surface area contributed by atoms with E-state index in [9.17, 15) is 9.59 Å². The van der Waals surface area contributed by atoms with E-state index in [2.05, 4.69) is 5.32 Å². The van der Waals surface area contributed by atoms with Gasteiger partial charge in [0, 0.05) is 26.2 Å². The molecule has 0 spiro atoms. The van der Waals surface area contributed by atoms with Gasteiger partial charge in [-0.2, -0.15) is 0 Å². The molecule has 0 saturated carbocycles. The van der Waals surface area contributed by atoms with E-state index in [0.29, 0.717) is 13.1 Å². The summed E-state index contributed by atoms with van der Waals surface area (Å²) in [5.41, 5.74) is 0. The number of carbonyl (C=O) groups is 2. The highest BCUT2D eigenvalue weighted by molar-refractivity contribution is 5.82. The number of rotatable bonds is 2. The molecule has 5 heteroatoms. The zero-order valence-electron chi connectivity index (χ0n) is 8.77. The Morgan fingerprint density at radius 3 is 2.40 bits per heavy atom. The van der Waals surface area contributed by atoms with Crippen LogP contribution in [-0.2, 0) is 9.59 Å². The van der Waals surface area contributed by atoms with Gasteiger partial charge in [0.2, 0.25) is 5.91 Å². The van der Waals surface area contributed by atoms with Gasteiger partial charge in [-0.25, -0.2) is 0 Å². The van der Waals surface area contributed by atoms with Gasteiger partial charge in [0.25, 0.3) is 0 Å². The van der Waals surface area contributed by atoms with Gasteiger partial charge in [-0.15, -0.1) is 0 Å². The molecule has 0 aromatic heterocycles. The third-order valence-electron chi connectivity index (χ3n) is 3.37. The minimum atomic E-state index is -0.787. The average Bonchev–Trinajstić information content (AvgIpc) is 2.44. The maximum atomic E-state index is 11.8. The van der Waals surface area contributed by atoms with Crippen molar-refractivity contribution < 1.29 is 14.7 Å². The van der Waals surface area contributed by atoms with Gasteiger partial charge in [-0.3, -0.25) is 9.59 Å². The van der Waals surface area contributed by atoms with Crippen molar-refractivity contribution in [1.29, 1.82) is 0 Å². The molecule has 0 radical (unpaired) electrons. The third kappa shape index (κ3) is 1.84. The quantitative estimate of drug-likeness (QED) is 0.640. The average molecular weight is 212 g/mol. The molecular formula is C10H16N2O3. The van der Waals surface area contributed by atoms with Crippen LogP contribution in [0.25, 0.3) is 0 Å². The summed E-state index contributed by atoms with van der Waals surface area (Å²) >= 11 is 0. The van der Waals surface area contributed by atoms with Crippen molar-refractivity contribution in [3.63, 3.8) is 0 Å². The molecule has 2 aliphatic heterocycles. The minimum absolute atomic E-state index is 0.0690. The van der Waals surface area contributed by atoms with E-state index in [1.807, 2.05) is 6.92 Å². The van der Waals surface area contributed by atoms with Gasteiger partial charge in [0.1, 0.15) is 0 Å². The molecule has 0 aromatic carbocycles. The Labute approximate surface area is 88.4 Å². The summed E-state index contributed by atoms with van der Waals surface area (Å²) in [7, 11) is 0. The predicted octanol–water partition coefficient (Wildman–Crippen LogP) is -0.615. The van der Waals surface area contributed by atoms with Crippen LogP contribution in [0.1, 0.15) is 6.92 Å². The summed E-state index contributed by atoms with van der Waals surface area (Å²) in [5.74, 6) is -0.917. The lowest BCUT2D eigenvalue weighted by molar-refractivity contribution is -0.142. The van der Waals surface area contributed by atoms with Crippen molar-refractivity contribution in [1.82, 2.24) is 10.2 Å². The molecular weight excluding hydrogens is 196 g/mol. The molecule has 2 fully saturated rings. The van der Waals surface area contributed by atoms with E-state index in [1.165, 1.54) is 0 Å². The Hall–Kier alpha value is -1.10. The number of nitrogens with zero attached hydrogens (tertiary/aromatic N) is 1. The van der Waals surface area contributed by atoms with Crippen LogP contribution >= 0.6 is 0 Å². The van der Waals surface area contributed by atoms with Crippen LogP contribution in [0.2, 0.25) is 0 Å². The maximum Gasteiger partial charge on any atom is 0.308 e. The number of nitrogens with one attached hydrogen (secondary N) is 1. The first kappa shape index (κ1) is 10.4. The molecule has 2 atom stereocenters. The first-order valence-electron chi connectivity index (χ1n) is 5.32. The Bertz CT molecular complexity index is 288. The molecule has 0 aromatic rings. The van der Waals surface area contributed by atoms with Crippen LogP contribution in [0.15, 0.2) is 0 Å². The molecule has 2 aliphatic rings. The van der Waals surface area contributed by atoms with Crippen molar-refractivity contribution in [2.24, 2.45) is 17.8 Å². The number of carbonyl (C=O) groups excluding carboxylic acids is 1. The van der Waals surface area contributed by atoms with E-state index in [0.717, 1.165) is 13.1 Å². The van der Waals surface area contributed by atoms with E-state index < -0.39 is 5.97 Å². The summed E-state index contributed by atoms with van der Waals surface area (Å²) in [6.07, 6.45) is 0. The summed E-state index contributed by atoms with van der Waals surface area (Å²) in [5, 5.41) is 12.0. The summed E-state index contributed by atoms with van der Waals surface area (Å²) in [6, 6.07) is 0. The van der Waals surface area contributed by atoms with Crippen LogP contribution < -0.4 is 5.32 Å². The predicted molar refractivity (Wildman–Crippen MR) is 53.2 cm³/mol. The molecule has 2 rings (SSSR count). The minimum Gasteiger partial charge on any atom is -0.481 e. The fraction of sp³-hybridized carbons (Fsp3) is 0.800. The number of hydrogen-bond donors (Lipinski definition) is 2. The Morgan fingerprint density at radius 1 is 1.33 bits per heavy atom. The van der Waals surface area contributed by atoms with Crippen molar-refractivity contribution in [3.05, 3.63) is 0 Å². The molecule has 5 nitrogen and oxygen atoms in total. The maximum absolute atomic E-state index is 11.8. The Morgan fingerprint density at radius 2 is 2.00 bits per heavy atom. The van der Waals surface area contributed by atoms with Gasteiger partial charge >= 0.3 is 5.97 Å². The molecule has 2 saturated heterocycles. The van der Waals surface area contributed by atoms with E-state index >= 15 is 0 Å². The van der Waals surface area contributed by atoms with Crippen molar-refractivity contribution >= 4 is 11.9 Å². The molecule has 0 bridgehead atoms. The van der Waals surface area contributed by atoms with Crippen LogP contribution in [0.5, 0.6) is 0 Å². The number of likely N-dealkylation sites (tertiary alicyclic amines) is 1. The Balaban J connectivity index is 1.95. The van der Waals surface area contributed by atoms with E-state index in [1.54, 1.807) is 4.90 Å². The van der Waals surface area contributed by atoms with Gasteiger partial charge in [-0.05, 0) is 5.92 Å². The van der Waals surface area contributed by atoms with E-state index in [4.69, 9.17) is 5.11 Å². The zero-order valence-corrected chi connectivity index (χ0v) is 8.77. The number of carboxylic acid groups (broad SMARTS) is 1. The molecule has 2 heterocycles. The summed E-state index contributed by atoms with van der Waals surface area (Å²) < 4.78 is 0. The highest BCUT2D eigenvalue weighted by Gasteiger charge is 2.39. The second-order valence-electron chi connectivity index (χ2n) is 4.52. The first-order chi connectivity index (χ1) is 7.09. The highest BCUT2D eigenvalue weighted by atomic mass is 16.4. The molecule has 0 aliphatic carbocycles. The lowest BCUT2D eigenvalue weighted by atomic mass is 9.99. The Kier molecular flexibility index (Phi) is 2.65. The number of carboxylic acids is 1. The largest absolute Gasteiger partial charge is 0.481 e. The normalized spacial score (nSPS) is 31.4. The summed E-state index contributed by atoms with van der Waals surface area (Å²) in [4.78, 5) is 24.4. The number of aliphatic carboxylic acids is 1. The molecule has 84 valence electrons. The third-order valence-corrected chi connectivity index (χ3v) is 3.37. The zero-order chi connectivity index (χ0) is 11.0. The van der Waals surface area contributed by atoms with Crippen LogP contribution in [0, 0.1) is 17.8 Å². The second-order valence-corrected chi connectivity index (χ2v) is 4.52. The monoisotopic (exact) mass is 212 g/mol. The smallest absolute Gasteiger partial charge is 0.308 e. The van der Waals surface area contributed by atoms with Crippen molar-refractivity contribution in [3.8, 4) is 0 Å². The number of hydrogen-bond acceptors (Lipinski definition) is 3. The van der Waals surface area contributed by atoms with Gasteiger partial charge in [-0.1, -0.05) is 6.92 Å². The van der Waals surface area contributed by atoms with Crippen LogP contribution in [0.4, 0.5) is 0 Å². The fourth-order valence-electron chi connectivity index (χ4n) is 2.19. The standard InChI is InChI=1S/C10H16N2O3/c1-6-4-12(5-8(6)10(14)15)9(13)7-2-11-3-7/h6-8,11H,2-5H2,1H3,(H,14,15). The van der Waals surface area contributed by atoms with Gasteiger partial charge in [0.05, 0.1) is 11.8 Å².